The molecule has 0 fully saturated rings. The molecule has 18 heavy (non-hydrogen) atoms. The summed E-state index contributed by atoms with van der Waals surface area (Å²) in [5.74, 6) is -1.97. The summed E-state index contributed by atoms with van der Waals surface area (Å²) in [5.41, 5.74) is 2.91. The lowest BCUT2D eigenvalue weighted by Crippen LogP contribution is -2.16. The Morgan fingerprint density at radius 1 is 0.833 bits per heavy atom. The lowest BCUT2D eigenvalue weighted by atomic mass is 9.85. The standard InChI is InChI=1S/C14H18O4/c1-5-9-10(6-2)12(14(17)18)8(4)7(3)11(9)13(15)16/h5-6H2,1-4H3,(H,15,16)(H,17,18). The zero-order valence-electron chi connectivity index (χ0n) is 11.1. The van der Waals surface area contributed by atoms with Gasteiger partial charge in [-0.3, -0.25) is 0 Å². The topological polar surface area (TPSA) is 74.6 Å². The Morgan fingerprint density at radius 2 is 1.11 bits per heavy atom. The van der Waals surface area contributed by atoms with Gasteiger partial charge in [-0.25, -0.2) is 9.59 Å². The molecule has 2 N–H and O–H groups in total. The van der Waals surface area contributed by atoms with Crippen molar-refractivity contribution in [1.29, 1.82) is 0 Å². The van der Waals surface area contributed by atoms with Crippen LogP contribution >= 0.6 is 0 Å². The Balaban J connectivity index is 3.86. The Bertz CT molecular complexity index is 468. The van der Waals surface area contributed by atoms with Crippen LogP contribution in [0.15, 0.2) is 0 Å². The highest BCUT2D eigenvalue weighted by atomic mass is 16.4. The maximum atomic E-state index is 11.4. The van der Waals surface area contributed by atoms with Crippen LogP contribution in [-0.4, -0.2) is 22.2 Å². The number of hydrogen-bond acceptors (Lipinski definition) is 2. The van der Waals surface area contributed by atoms with Crippen molar-refractivity contribution < 1.29 is 19.8 Å². The smallest absolute Gasteiger partial charge is 0.336 e. The summed E-state index contributed by atoms with van der Waals surface area (Å²) in [5, 5.41) is 18.6. The summed E-state index contributed by atoms with van der Waals surface area (Å²) in [6, 6.07) is 0. The maximum absolute atomic E-state index is 11.4. The zero-order chi connectivity index (χ0) is 14.0. The average molecular weight is 250 g/mol. The van der Waals surface area contributed by atoms with E-state index in [9.17, 15) is 19.8 Å². The van der Waals surface area contributed by atoms with Crippen molar-refractivity contribution in [2.45, 2.75) is 40.5 Å². The van der Waals surface area contributed by atoms with Gasteiger partial charge in [0, 0.05) is 0 Å². The summed E-state index contributed by atoms with van der Waals surface area (Å²) in [7, 11) is 0. The quantitative estimate of drug-likeness (QED) is 0.861. The molecule has 0 bridgehead atoms. The predicted octanol–water partition coefficient (Wildman–Crippen LogP) is 2.82. The third-order valence-electron chi connectivity index (χ3n) is 3.42. The minimum absolute atomic E-state index is 0.261. The Morgan fingerprint density at radius 3 is 1.28 bits per heavy atom. The predicted molar refractivity (Wildman–Crippen MR) is 68.6 cm³/mol. The number of rotatable bonds is 4. The second-order valence-electron chi connectivity index (χ2n) is 4.27. The summed E-state index contributed by atoms with van der Waals surface area (Å²) in [6.07, 6.45) is 1.04. The second kappa shape index (κ2) is 5.21. The van der Waals surface area contributed by atoms with Gasteiger partial charge in [-0.1, -0.05) is 13.8 Å². The highest BCUT2D eigenvalue weighted by molar-refractivity contribution is 5.98. The van der Waals surface area contributed by atoms with Crippen LogP contribution in [0.25, 0.3) is 0 Å². The molecule has 1 aromatic carbocycles. The molecule has 4 heteroatoms. The van der Waals surface area contributed by atoms with E-state index in [2.05, 4.69) is 0 Å². The number of aromatic carboxylic acids is 2. The fourth-order valence-electron chi connectivity index (χ4n) is 2.49. The molecule has 1 aromatic rings. The van der Waals surface area contributed by atoms with Crippen LogP contribution < -0.4 is 0 Å². The second-order valence-corrected chi connectivity index (χ2v) is 4.27. The van der Waals surface area contributed by atoms with Crippen LogP contribution in [0.5, 0.6) is 0 Å². The van der Waals surface area contributed by atoms with Gasteiger partial charge in [0.2, 0.25) is 0 Å². The van der Waals surface area contributed by atoms with Gasteiger partial charge in [0.25, 0.3) is 0 Å². The maximum Gasteiger partial charge on any atom is 0.336 e. The fraction of sp³-hybridized carbons (Fsp3) is 0.429. The Kier molecular flexibility index (Phi) is 4.11. The molecule has 1 rings (SSSR count). The molecule has 0 amide bonds. The van der Waals surface area contributed by atoms with Crippen molar-refractivity contribution in [2.24, 2.45) is 0 Å². The van der Waals surface area contributed by atoms with Crippen LogP contribution in [0.4, 0.5) is 0 Å². The molecule has 0 unspecified atom stereocenters. The molecule has 0 radical (unpaired) electrons. The SMILES string of the molecule is CCc1c(CC)c(C(=O)O)c(C)c(C)c1C(=O)O. The van der Waals surface area contributed by atoms with Crippen LogP contribution in [-0.2, 0) is 12.8 Å². The normalized spacial score (nSPS) is 10.4. The van der Waals surface area contributed by atoms with Crippen molar-refractivity contribution >= 4 is 11.9 Å². The number of benzene rings is 1. The van der Waals surface area contributed by atoms with Crippen molar-refractivity contribution in [3.05, 3.63) is 33.4 Å². The van der Waals surface area contributed by atoms with E-state index >= 15 is 0 Å². The molecule has 0 heterocycles. The molecule has 0 aliphatic rings. The van der Waals surface area contributed by atoms with Crippen molar-refractivity contribution in [2.75, 3.05) is 0 Å². The number of carboxylic acids is 2. The van der Waals surface area contributed by atoms with Gasteiger partial charge in [0.05, 0.1) is 11.1 Å². The fourth-order valence-corrected chi connectivity index (χ4v) is 2.49. The van der Waals surface area contributed by atoms with Gasteiger partial charge in [-0.15, -0.1) is 0 Å². The van der Waals surface area contributed by atoms with Crippen LogP contribution in [0, 0.1) is 13.8 Å². The van der Waals surface area contributed by atoms with E-state index in [0.717, 1.165) is 0 Å². The van der Waals surface area contributed by atoms with Gasteiger partial charge < -0.3 is 10.2 Å². The number of carbonyl (C=O) groups is 2. The summed E-state index contributed by atoms with van der Waals surface area (Å²) < 4.78 is 0. The monoisotopic (exact) mass is 250 g/mol. The first kappa shape index (κ1) is 14.2. The third kappa shape index (κ3) is 2.10. The van der Waals surface area contributed by atoms with Crippen molar-refractivity contribution in [3.63, 3.8) is 0 Å². The van der Waals surface area contributed by atoms with Crippen molar-refractivity contribution in [1.82, 2.24) is 0 Å². The van der Waals surface area contributed by atoms with E-state index in [0.29, 0.717) is 35.1 Å². The minimum atomic E-state index is -0.987. The minimum Gasteiger partial charge on any atom is -0.478 e. The first-order valence-corrected chi connectivity index (χ1v) is 5.98. The van der Waals surface area contributed by atoms with Crippen LogP contribution in [0.2, 0.25) is 0 Å². The molecule has 4 nitrogen and oxygen atoms in total. The number of carboxylic acid groups (broad SMARTS) is 2. The summed E-state index contributed by atoms with van der Waals surface area (Å²) in [4.78, 5) is 22.7. The molecular weight excluding hydrogens is 232 g/mol. The third-order valence-corrected chi connectivity index (χ3v) is 3.42. The van der Waals surface area contributed by atoms with E-state index in [1.807, 2.05) is 13.8 Å². The molecule has 0 atom stereocenters. The average Bonchev–Trinajstić information content (AvgIpc) is 2.30. The molecule has 98 valence electrons. The molecule has 0 aliphatic heterocycles. The first-order valence-electron chi connectivity index (χ1n) is 5.98. The Labute approximate surface area is 106 Å². The molecule has 0 saturated carbocycles. The van der Waals surface area contributed by atoms with Gasteiger partial charge in [0.1, 0.15) is 0 Å². The molecule has 0 aliphatic carbocycles. The lowest BCUT2D eigenvalue weighted by molar-refractivity contribution is 0.0677. The first-order chi connectivity index (χ1) is 8.36. The summed E-state index contributed by atoms with van der Waals surface area (Å²) >= 11 is 0. The van der Waals surface area contributed by atoms with Crippen LogP contribution in [0.3, 0.4) is 0 Å². The molecular formula is C14H18O4. The van der Waals surface area contributed by atoms with E-state index in [1.54, 1.807) is 13.8 Å². The van der Waals surface area contributed by atoms with E-state index in [-0.39, 0.29) is 11.1 Å². The van der Waals surface area contributed by atoms with Gasteiger partial charge in [0.15, 0.2) is 0 Å². The van der Waals surface area contributed by atoms with E-state index < -0.39 is 11.9 Å². The molecule has 0 saturated heterocycles. The van der Waals surface area contributed by atoms with Gasteiger partial charge in [-0.2, -0.15) is 0 Å². The van der Waals surface area contributed by atoms with E-state index in [4.69, 9.17) is 0 Å². The van der Waals surface area contributed by atoms with Crippen molar-refractivity contribution in [3.8, 4) is 0 Å². The molecule has 0 spiro atoms. The largest absolute Gasteiger partial charge is 0.478 e. The van der Waals surface area contributed by atoms with E-state index in [1.165, 1.54) is 0 Å². The number of hydrogen-bond donors (Lipinski definition) is 2. The van der Waals surface area contributed by atoms with Gasteiger partial charge in [-0.05, 0) is 48.9 Å². The molecule has 0 aromatic heterocycles. The highest BCUT2D eigenvalue weighted by Crippen LogP contribution is 2.28. The highest BCUT2D eigenvalue weighted by Gasteiger charge is 2.24. The lowest BCUT2D eigenvalue weighted by Gasteiger charge is -2.18. The van der Waals surface area contributed by atoms with Crippen LogP contribution in [0.1, 0.15) is 56.8 Å². The zero-order valence-corrected chi connectivity index (χ0v) is 11.1. The summed E-state index contributed by atoms with van der Waals surface area (Å²) in [6.45, 7) is 7.04. The van der Waals surface area contributed by atoms with Gasteiger partial charge >= 0.3 is 11.9 Å². The Hall–Kier alpha value is -1.84.